The fourth-order valence-electron chi connectivity index (χ4n) is 4.12. The summed E-state index contributed by atoms with van der Waals surface area (Å²) in [5.41, 5.74) is 2.63. The third-order valence-corrected chi connectivity index (χ3v) is 5.92. The predicted octanol–water partition coefficient (Wildman–Crippen LogP) is 5.07. The second-order valence-electron chi connectivity index (χ2n) is 8.91. The fourth-order valence-corrected chi connectivity index (χ4v) is 4.55. The van der Waals surface area contributed by atoms with Crippen LogP contribution in [0.4, 0.5) is 10.1 Å². The Morgan fingerprint density at radius 1 is 1.29 bits per heavy atom. The smallest absolute Gasteiger partial charge is 0.188 e. The SMILES string of the molecule is Cc1cc(F)ccc1N1C(=S)N[C@H]2C[C@@]1(C)Oc1c(O)cc(C(C)(C)C)cc12. The molecule has 4 nitrogen and oxygen atoms in total. The number of rotatable bonds is 1. The molecule has 28 heavy (non-hydrogen) atoms. The van der Waals surface area contributed by atoms with Gasteiger partial charge in [0.2, 0.25) is 0 Å². The molecule has 2 aliphatic rings. The number of ether oxygens (including phenoxy) is 1. The Morgan fingerprint density at radius 2 is 2.00 bits per heavy atom. The Bertz CT molecular complexity index is 985. The number of hydrogen-bond acceptors (Lipinski definition) is 3. The highest BCUT2D eigenvalue weighted by molar-refractivity contribution is 7.80. The molecule has 0 amide bonds. The highest BCUT2D eigenvalue weighted by Gasteiger charge is 2.49. The fraction of sp³-hybridized carbons (Fsp3) is 0.409. The number of thiocarbonyl (C=S) groups is 1. The van der Waals surface area contributed by atoms with E-state index >= 15 is 0 Å². The molecule has 0 aromatic heterocycles. The first-order valence-electron chi connectivity index (χ1n) is 9.43. The van der Waals surface area contributed by atoms with Crippen molar-refractivity contribution in [3.8, 4) is 11.5 Å². The van der Waals surface area contributed by atoms with E-state index in [0.717, 1.165) is 22.4 Å². The molecule has 0 spiro atoms. The van der Waals surface area contributed by atoms with Crippen LogP contribution in [0.3, 0.4) is 0 Å². The Labute approximate surface area is 170 Å². The van der Waals surface area contributed by atoms with Crippen LogP contribution in [0.5, 0.6) is 11.5 Å². The molecule has 2 aliphatic heterocycles. The molecule has 1 fully saturated rings. The molecule has 0 radical (unpaired) electrons. The van der Waals surface area contributed by atoms with E-state index in [-0.39, 0.29) is 23.0 Å². The van der Waals surface area contributed by atoms with Crippen molar-refractivity contribution in [2.75, 3.05) is 4.90 Å². The monoisotopic (exact) mass is 400 g/mol. The molecule has 4 rings (SSSR count). The van der Waals surface area contributed by atoms with Gasteiger partial charge in [-0.25, -0.2) is 4.39 Å². The number of nitrogens with zero attached hydrogens (tertiary/aromatic N) is 1. The Morgan fingerprint density at radius 3 is 2.64 bits per heavy atom. The third-order valence-electron chi connectivity index (χ3n) is 5.62. The minimum absolute atomic E-state index is 0.0635. The van der Waals surface area contributed by atoms with E-state index in [1.807, 2.05) is 18.7 Å². The molecule has 6 heteroatoms. The lowest BCUT2D eigenvalue weighted by Gasteiger charge is -2.52. The molecular formula is C22H25FN2O2S. The molecule has 2 atom stereocenters. The van der Waals surface area contributed by atoms with Gasteiger partial charge in [0.25, 0.3) is 0 Å². The minimum Gasteiger partial charge on any atom is -0.504 e. The number of aryl methyl sites for hydroxylation is 1. The van der Waals surface area contributed by atoms with Crippen LogP contribution < -0.4 is 15.0 Å². The molecule has 1 saturated heterocycles. The van der Waals surface area contributed by atoms with E-state index in [4.69, 9.17) is 17.0 Å². The summed E-state index contributed by atoms with van der Waals surface area (Å²) >= 11 is 5.67. The topological polar surface area (TPSA) is 44.7 Å². The first kappa shape index (κ1) is 19.0. The predicted molar refractivity (Wildman–Crippen MR) is 113 cm³/mol. The molecule has 2 bridgehead atoms. The third kappa shape index (κ3) is 2.91. The highest BCUT2D eigenvalue weighted by atomic mass is 32.1. The maximum Gasteiger partial charge on any atom is 0.188 e. The van der Waals surface area contributed by atoms with Crippen molar-refractivity contribution >= 4 is 23.0 Å². The van der Waals surface area contributed by atoms with Crippen molar-refractivity contribution in [1.29, 1.82) is 0 Å². The summed E-state index contributed by atoms with van der Waals surface area (Å²) in [5.74, 6) is 0.317. The Balaban J connectivity index is 1.83. The second kappa shape index (κ2) is 6.08. The van der Waals surface area contributed by atoms with Crippen molar-refractivity contribution in [2.24, 2.45) is 0 Å². The van der Waals surface area contributed by atoms with Crippen LogP contribution in [0.25, 0.3) is 0 Å². The molecule has 2 heterocycles. The summed E-state index contributed by atoms with van der Waals surface area (Å²) < 4.78 is 20.0. The molecule has 2 aromatic rings. The maximum absolute atomic E-state index is 13.6. The molecule has 148 valence electrons. The van der Waals surface area contributed by atoms with Gasteiger partial charge in [-0.05, 0) is 72.9 Å². The van der Waals surface area contributed by atoms with Gasteiger partial charge in [-0.3, -0.25) is 4.90 Å². The molecule has 0 aliphatic carbocycles. The summed E-state index contributed by atoms with van der Waals surface area (Å²) in [6.45, 7) is 10.1. The van der Waals surface area contributed by atoms with Gasteiger partial charge < -0.3 is 15.2 Å². The Kier molecular flexibility index (Phi) is 4.12. The zero-order valence-electron chi connectivity index (χ0n) is 16.8. The molecule has 2 aromatic carbocycles. The summed E-state index contributed by atoms with van der Waals surface area (Å²) in [4.78, 5) is 1.88. The molecule has 0 unspecified atom stereocenters. The van der Waals surface area contributed by atoms with Crippen LogP contribution >= 0.6 is 12.2 Å². The minimum atomic E-state index is -0.788. The lowest BCUT2D eigenvalue weighted by atomic mass is 9.82. The van der Waals surface area contributed by atoms with Crippen LogP contribution in [-0.2, 0) is 5.41 Å². The molecule has 0 saturated carbocycles. The van der Waals surface area contributed by atoms with E-state index in [1.165, 1.54) is 12.1 Å². The number of phenols is 1. The largest absolute Gasteiger partial charge is 0.504 e. The zero-order chi connectivity index (χ0) is 20.4. The average Bonchev–Trinajstić information content (AvgIpc) is 2.56. The zero-order valence-corrected chi connectivity index (χ0v) is 17.6. The quantitative estimate of drug-likeness (QED) is 0.654. The van der Waals surface area contributed by atoms with Crippen molar-refractivity contribution < 1.29 is 14.2 Å². The summed E-state index contributed by atoms with van der Waals surface area (Å²) in [6.07, 6.45) is 0.643. The van der Waals surface area contributed by atoms with Gasteiger partial charge in [-0.2, -0.15) is 0 Å². The average molecular weight is 401 g/mol. The van der Waals surface area contributed by atoms with Crippen LogP contribution in [-0.4, -0.2) is 15.9 Å². The lowest BCUT2D eigenvalue weighted by molar-refractivity contribution is 0.0462. The van der Waals surface area contributed by atoms with Gasteiger partial charge >= 0.3 is 0 Å². The van der Waals surface area contributed by atoms with Crippen molar-refractivity contribution in [3.05, 3.63) is 52.8 Å². The number of fused-ring (bicyclic) bond motifs is 4. The van der Waals surface area contributed by atoms with Gasteiger partial charge in [0.15, 0.2) is 22.3 Å². The number of phenolic OH excluding ortho intramolecular Hbond substituents is 1. The highest BCUT2D eigenvalue weighted by Crippen LogP contribution is 2.50. The van der Waals surface area contributed by atoms with Gasteiger partial charge in [-0.1, -0.05) is 20.8 Å². The van der Waals surface area contributed by atoms with Crippen LogP contribution in [0.15, 0.2) is 30.3 Å². The molecular weight excluding hydrogens is 375 g/mol. The number of benzene rings is 2. The lowest BCUT2D eigenvalue weighted by Crippen LogP contribution is -2.65. The van der Waals surface area contributed by atoms with E-state index in [9.17, 15) is 9.50 Å². The number of anilines is 1. The van der Waals surface area contributed by atoms with E-state index in [2.05, 4.69) is 32.2 Å². The van der Waals surface area contributed by atoms with Gasteiger partial charge in [-0.15, -0.1) is 0 Å². The van der Waals surface area contributed by atoms with Gasteiger partial charge in [0.1, 0.15) is 5.82 Å². The normalized spacial score (nSPS) is 23.7. The summed E-state index contributed by atoms with van der Waals surface area (Å²) in [6, 6.07) is 8.42. The number of aromatic hydroxyl groups is 1. The first-order valence-corrected chi connectivity index (χ1v) is 9.84. The van der Waals surface area contributed by atoms with Crippen LogP contribution in [0, 0.1) is 12.7 Å². The number of nitrogens with one attached hydrogen (secondary N) is 1. The number of halogens is 1. The van der Waals surface area contributed by atoms with Crippen LogP contribution in [0.1, 0.15) is 56.8 Å². The van der Waals surface area contributed by atoms with Gasteiger partial charge in [0, 0.05) is 12.0 Å². The molecule has 2 N–H and O–H groups in total. The van der Waals surface area contributed by atoms with Crippen molar-refractivity contribution in [2.45, 2.75) is 58.2 Å². The summed E-state index contributed by atoms with van der Waals surface area (Å²) in [7, 11) is 0. The van der Waals surface area contributed by atoms with E-state index in [0.29, 0.717) is 17.3 Å². The van der Waals surface area contributed by atoms with Crippen molar-refractivity contribution in [1.82, 2.24) is 5.32 Å². The maximum atomic E-state index is 13.6. The first-order chi connectivity index (χ1) is 13.0. The van der Waals surface area contributed by atoms with Gasteiger partial charge in [0.05, 0.1) is 11.7 Å². The van der Waals surface area contributed by atoms with E-state index in [1.54, 1.807) is 12.1 Å². The number of hydrogen-bond donors (Lipinski definition) is 2. The summed E-state index contributed by atoms with van der Waals surface area (Å²) in [5, 5.41) is 14.7. The van der Waals surface area contributed by atoms with Crippen molar-refractivity contribution in [3.63, 3.8) is 0 Å². The van der Waals surface area contributed by atoms with E-state index < -0.39 is 5.72 Å². The Hall–Kier alpha value is -2.34. The second-order valence-corrected chi connectivity index (χ2v) is 9.30. The van der Waals surface area contributed by atoms with Crippen LogP contribution in [0.2, 0.25) is 0 Å². The standard InChI is InChI=1S/C22H25FN2O2S/c1-12-8-14(23)6-7-17(12)25-20(28)24-16-11-22(25,5)27-19-15(16)9-13(10-18(19)26)21(2,3)4/h6-10,16,26H,11H2,1-5H3,(H,24,28)/t16-,22+/m0/s1.